The van der Waals surface area contributed by atoms with Crippen molar-refractivity contribution in [2.45, 2.75) is 25.2 Å². The van der Waals surface area contributed by atoms with Gasteiger partial charge in [-0.3, -0.25) is 0 Å². The molecule has 1 unspecified atom stereocenters. The summed E-state index contributed by atoms with van der Waals surface area (Å²) in [5.41, 5.74) is 0. The number of halogens is 3. The Kier molecular flexibility index (Phi) is 3.92. The van der Waals surface area contributed by atoms with E-state index in [1.807, 2.05) is 0 Å². The van der Waals surface area contributed by atoms with Crippen LogP contribution in [-0.2, 0) is 9.53 Å². The molecule has 0 aromatic carbocycles. The smallest absolute Gasteiger partial charge is 0.460 e. The Hall–Kier alpha value is -0.820. The second kappa shape index (κ2) is 4.80. The molecule has 4 nitrogen and oxygen atoms in total. The van der Waals surface area contributed by atoms with Crippen LogP contribution in [0.4, 0.5) is 13.2 Å². The molecule has 1 aliphatic rings. The van der Waals surface area contributed by atoms with Crippen LogP contribution in [-0.4, -0.2) is 48.1 Å². The van der Waals surface area contributed by atoms with E-state index in [1.54, 1.807) is 0 Å². The first-order valence-electron chi connectivity index (χ1n) is 4.55. The lowest BCUT2D eigenvalue weighted by atomic mass is 10.1. The second-order valence-electron chi connectivity index (χ2n) is 3.38. The zero-order valence-electron chi connectivity index (χ0n) is 7.96. The van der Waals surface area contributed by atoms with Gasteiger partial charge in [0.15, 0.2) is 0 Å². The first-order valence-corrected chi connectivity index (χ1v) is 4.55. The minimum Gasteiger partial charge on any atom is -0.480 e. The van der Waals surface area contributed by atoms with E-state index < -0.39 is 25.0 Å². The SMILES string of the molecule is O=C(O)COC1CCCN(C(F)(F)F)C1. The van der Waals surface area contributed by atoms with E-state index in [4.69, 9.17) is 9.84 Å². The van der Waals surface area contributed by atoms with Crippen molar-refractivity contribution >= 4 is 5.97 Å². The highest BCUT2D eigenvalue weighted by Crippen LogP contribution is 2.26. The topological polar surface area (TPSA) is 49.8 Å². The number of ether oxygens (including phenoxy) is 1. The lowest BCUT2D eigenvalue weighted by Crippen LogP contribution is -2.47. The fourth-order valence-electron chi connectivity index (χ4n) is 1.49. The van der Waals surface area contributed by atoms with Crippen LogP contribution in [0.1, 0.15) is 12.8 Å². The van der Waals surface area contributed by atoms with Gasteiger partial charge in [-0.15, -0.1) is 0 Å². The number of likely N-dealkylation sites (tertiary alicyclic amines) is 1. The summed E-state index contributed by atoms with van der Waals surface area (Å²) in [5, 5.41) is 8.31. The molecule has 1 rings (SSSR count). The van der Waals surface area contributed by atoms with Gasteiger partial charge in [0.25, 0.3) is 0 Å². The van der Waals surface area contributed by atoms with E-state index >= 15 is 0 Å². The maximum Gasteiger partial charge on any atom is 0.460 e. The molecule has 7 heteroatoms. The molecule has 15 heavy (non-hydrogen) atoms. The minimum absolute atomic E-state index is 0.0452. The highest BCUT2D eigenvalue weighted by Gasteiger charge is 2.40. The third-order valence-electron chi connectivity index (χ3n) is 2.18. The molecule has 0 radical (unpaired) electrons. The standard InChI is InChI=1S/C8H12F3NO3/c9-8(10,11)12-3-1-2-6(4-12)15-5-7(13)14/h6H,1-5H2,(H,13,14). The Labute approximate surface area is 84.6 Å². The number of alkyl halides is 3. The molecule has 0 spiro atoms. The first kappa shape index (κ1) is 12.3. The summed E-state index contributed by atoms with van der Waals surface area (Å²) in [7, 11) is 0. The van der Waals surface area contributed by atoms with Crippen LogP contribution in [0.3, 0.4) is 0 Å². The fourth-order valence-corrected chi connectivity index (χ4v) is 1.49. The molecule has 1 aliphatic heterocycles. The van der Waals surface area contributed by atoms with E-state index in [2.05, 4.69) is 0 Å². The monoisotopic (exact) mass is 227 g/mol. The summed E-state index contributed by atoms with van der Waals surface area (Å²) in [5.74, 6) is -1.17. The molecular weight excluding hydrogens is 215 g/mol. The lowest BCUT2D eigenvalue weighted by molar-refractivity contribution is -0.258. The highest BCUT2D eigenvalue weighted by atomic mass is 19.4. The molecule has 88 valence electrons. The summed E-state index contributed by atoms with van der Waals surface area (Å²) < 4.78 is 41.6. The number of nitrogens with zero attached hydrogens (tertiary/aromatic N) is 1. The zero-order valence-corrected chi connectivity index (χ0v) is 7.96. The van der Waals surface area contributed by atoms with Crippen molar-refractivity contribution in [3.63, 3.8) is 0 Å². The molecule has 1 heterocycles. The molecule has 0 aromatic rings. The van der Waals surface area contributed by atoms with Gasteiger partial charge in [0.05, 0.1) is 6.10 Å². The number of hydrogen-bond donors (Lipinski definition) is 1. The Bertz CT molecular complexity index is 232. The third kappa shape index (κ3) is 4.05. The molecule has 0 amide bonds. The van der Waals surface area contributed by atoms with Crippen molar-refractivity contribution < 1.29 is 27.8 Å². The van der Waals surface area contributed by atoms with Crippen LogP contribution in [0.25, 0.3) is 0 Å². The van der Waals surface area contributed by atoms with Gasteiger partial charge in [-0.25, -0.2) is 9.69 Å². The Morgan fingerprint density at radius 1 is 1.53 bits per heavy atom. The molecule has 0 saturated carbocycles. The van der Waals surface area contributed by atoms with Gasteiger partial charge in [0.1, 0.15) is 6.61 Å². The van der Waals surface area contributed by atoms with Gasteiger partial charge < -0.3 is 9.84 Å². The zero-order chi connectivity index (χ0) is 11.5. The fraction of sp³-hybridized carbons (Fsp3) is 0.875. The van der Waals surface area contributed by atoms with Crippen molar-refractivity contribution in [1.82, 2.24) is 4.90 Å². The summed E-state index contributed by atoms with van der Waals surface area (Å²) >= 11 is 0. The number of hydrogen-bond acceptors (Lipinski definition) is 3. The van der Waals surface area contributed by atoms with Gasteiger partial charge >= 0.3 is 12.3 Å². The van der Waals surface area contributed by atoms with E-state index in [1.165, 1.54) is 0 Å². The molecule has 1 fully saturated rings. The average Bonchev–Trinajstić information content (AvgIpc) is 2.14. The number of rotatable bonds is 3. The highest BCUT2D eigenvalue weighted by molar-refractivity contribution is 5.68. The minimum atomic E-state index is -4.36. The van der Waals surface area contributed by atoms with Crippen LogP contribution in [0.15, 0.2) is 0 Å². The molecular formula is C8H12F3NO3. The van der Waals surface area contributed by atoms with Crippen molar-refractivity contribution in [1.29, 1.82) is 0 Å². The van der Waals surface area contributed by atoms with Crippen molar-refractivity contribution in [3.8, 4) is 0 Å². The van der Waals surface area contributed by atoms with Crippen LogP contribution in [0.5, 0.6) is 0 Å². The average molecular weight is 227 g/mol. The summed E-state index contributed by atoms with van der Waals surface area (Å²) in [6, 6.07) is 0. The molecule has 0 aromatic heterocycles. The number of aliphatic carboxylic acids is 1. The van der Waals surface area contributed by atoms with Crippen LogP contribution < -0.4 is 0 Å². The van der Waals surface area contributed by atoms with Gasteiger partial charge in [-0.1, -0.05) is 0 Å². The summed E-state index contributed by atoms with van der Waals surface area (Å²) in [4.78, 5) is 10.5. The van der Waals surface area contributed by atoms with Gasteiger partial charge in [-0.05, 0) is 12.8 Å². The molecule has 0 bridgehead atoms. The lowest BCUT2D eigenvalue weighted by Gasteiger charge is -2.33. The van der Waals surface area contributed by atoms with Crippen LogP contribution >= 0.6 is 0 Å². The quantitative estimate of drug-likeness (QED) is 0.733. The van der Waals surface area contributed by atoms with Crippen molar-refractivity contribution in [2.75, 3.05) is 19.7 Å². The maximum absolute atomic E-state index is 12.3. The number of piperidine rings is 1. The number of carbonyl (C=O) groups is 1. The van der Waals surface area contributed by atoms with Crippen molar-refractivity contribution in [2.24, 2.45) is 0 Å². The number of carboxylic acids is 1. The van der Waals surface area contributed by atoms with Gasteiger partial charge in [-0.2, -0.15) is 13.2 Å². The van der Waals surface area contributed by atoms with Crippen LogP contribution in [0.2, 0.25) is 0 Å². The van der Waals surface area contributed by atoms with E-state index in [9.17, 15) is 18.0 Å². The first-order chi connectivity index (χ1) is 6.89. The van der Waals surface area contributed by atoms with Crippen molar-refractivity contribution in [3.05, 3.63) is 0 Å². The predicted octanol–water partition coefficient (Wildman–Crippen LogP) is 1.07. The van der Waals surface area contributed by atoms with E-state index in [0.29, 0.717) is 17.7 Å². The van der Waals surface area contributed by atoms with Gasteiger partial charge in [0.2, 0.25) is 0 Å². The Morgan fingerprint density at radius 3 is 2.73 bits per heavy atom. The van der Waals surface area contributed by atoms with Gasteiger partial charge in [0, 0.05) is 13.1 Å². The summed E-state index contributed by atoms with van der Waals surface area (Å²) in [6.07, 6.45) is -4.16. The second-order valence-corrected chi connectivity index (χ2v) is 3.38. The molecule has 1 atom stereocenters. The van der Waals surface area contributed by atoms with E-state index in [-0.39, 0.29) is 13.1 Å². The molecule has 0 aliphatic carbocycles. The summed E-state index contributed by atoms with van der Waals surface area (Å²) in [6.45, 7) is -0.871. The van der Waals surface area contributed by atoms with E-state index in [0.717, 1.165) is 0 Å². The molecule has 1 N–H and O–H groups in total. The number of carboxylic acid groups (broad SMARTS) is 1. The predicted molar refractivity (Wildman–Crippen MR) is 44.2 cm³/mol. The Morgan fingerprint density at radius 2 is 2.20 bits per heavy atom. The molecule has 1 saturated heterocycles. The largest absolute Gasteiger partial charge is 0.480 e. The van der Waals surface area contributed by atoms with Crippen LogP contribution in [0, 0.1) is 0 Å². The maximum atomic E-state index is 12.3. The normalized spacial score (nSPS) is 24.1. The Balaban J connectivity index is 2.39. The third-order valence-corrected chi connectivity index (χ3v) is 2.18.